The predicted molar refractivity (Wildman–Crippen MR) is 134 cm³/mol. The van der Waals surface area contributed by atoms with Crippen molar-refractivity contribution in [2.24, 2.45) is 0 Å². The molecule has 18 heteroatoms. The molecular weight excluding hydrogens is 868 g/mol. The van der Waals surface area contributed by atoms with Gasteiger partial charge in [-0.2, -0.15) is 39.5 Å². The Morgan fingerprint density at radius 3 is 1.46 bits per heavy atom. The van der Waals surface area contributed by atoms with E-state index in [9.17, 15) is 57.1 Å². The molecule has 0 aliphatic carbocycles. The van der Waals surface area contributed by atoms with Crippen LogP contribution >= 0.6 is 0 Å². The Hall–Kier alpha value is -3.62. The van der Waals surface area contributed by atoms with Gasteiger partial charge in [0.2, 0.25) is 6.17 Å². The summed E-state index contributed by atoms with van der Waals surface area (Å²) in [6.07, 6.45) is -23.4. The quantitative estimate of drug-likeness (QED) is 0.142. The summed E-state index contributed by atoms with van der Waals surface area (Å²) in [5.41, 5.74) is -16.5. The Balaban J connectivity index is 0.00000625. The standard InChI is InChI=1S/C30H15F15N2.Pt/c1-26(2,19-7-3-5-17(46-19)13-9-11-15(31)21(23(13)33)25(35)28(37,38)39)20-8-4-6-18(47-20)14-10-12-16(32)22(24(14)34)27(36,29(40,41)42)30(43,44)45;/h3-8,11-12,25H,1-2H3;/q-2;+2. The molecule has 0 saturated heterocycles. The SMILES string of the molecule is CC(C)(c1cccc(-c2[c-]cc(F)c(C(F)C(F)(F)F)c2F)n1)c1cccc(-c2[c-]cc(F)c(C(F)(C(F)(F)F)C(F)(F)F)c2F)n1.[Pt+2]. The van der Waals surface area contributed by atoms with E-state index in [1.165, 1.54) is 32.0 Å². The molecule has 0 aliphatic heterocycles. The van der Waals surface area contributed by atoms with Crippen molar-refractivity contribution >= 4 is 0 Å². The second-order valence-electron chi connectivity index (χ2n) is 10.4. The van der Waals surface area contributed by atoms with Gasteiger partial charge in [-0.3, -0.25) is 17.6 Å². The van der Waals surface area contributed by atoms with Gasteiger partial charge < -0.3 is 9.97 Å². The summed E-state index contributed by atoms with van der Waals surface area (Å²) in [6.45, 7) is 2.72. The summed E-state index contributed by atoms with van der Waals surface area (Å²) in [6, 6.07) is 10.7. The van der Waals surface area contributed by atoms with E-state index in [1.807, 2.05) is 6.07 Å². The average molecular weight is 884 g/mol. The van der Waals surface area contributed by atoms with Crippen LogP contribution in [-0.4, -0.2) is 28.5 Å². The smallest absolute Gasteiger partial charge is 0.300 e. The molecule has 0 amide bonds. The van der Waals surface area contributed by atoms with Crippen molar-refractivity contribution in [3.8, 4) is 22.5 Å². The Morgan fingerprint density at radius 1 is 0.625 bits per heavy atom. The van der Waals surface area contributed by atoms with Crippen molar-refractivity contribution in [2.75, 3.05) is 0 Å². The molecule has 4 aromatic rings. The maximum absolute atomic E-state index is 15.3. The van der Waals surface area contributed by atoms with E-state index in [0.29, 0.717) is 0 Å². The zero-order valence-corrected chi connectivity index (χ0v) is 25.8. The van der Waals surface area contributed by atoms with E-state index < -0.39 is 92.7 Å². The second-order valence-corrected chi connectivity index (χ2v) is 10.4. The Kier molecular flexibility index (Phi) is 10.5. The van der Waals surface area contributed by atoms with Gasteiger partial charge in [0.15, 0.2) is 0 Å². The minimum Gasteiger partial charge on any atom is -0.300 e. The van der Waals surface area contributed by atoms with Crippen LogP contribution in [0, 0.1) is 35.4 Å². The zero-order valence-electron chi connectivity index (χ0n) is 23.6. The van der Waals surface area contributed by atoms with Gasteiger partial charge in [0.05, 0.1) is 0 Å². The molecule has 2 aromatic carbocycles. The molecule has 1 atom stereocenters. The van der Waals surface area contributed by atoms with E-state index in [1.54, 1.807) is 6.07 Å². The number of hydrogen-bond donors (Lipinski definition) is 0. The fraction of sp³-hybridized carbons (Fsp3) is 0.267. The third kappa shape index (κ3) is 6.66. The van der Waals surface area contributed by atoms with Crippen LogP contribution in [-0.2, 0) is 32.1 Å². The Morgan fingerprint density at radius 2 is 1.04 bits per heavy atom. The molecule has 0 saturated carbocycles. The van der Waals surface area contributed by atoms with Crippen molar-refractivity contribution in [3.63, 3.8) is 0 Å². The number of halogens is 15. The van der Waals surface area contributed by atoms with Crippen LogP contribution in [0.4, 0.5) is 65.9 Å². The number of rotatable bonds is 6. The molecule has 0 aliphatic rings. The summed E-state index contributed by atoms with van der Waals surface area (Å²) < 4.78 is 206. The molecule has 2 nitrogen and oxygen atoms in total. The summed E-state index contributed by atoms with van der Waals surface area (Å²) >= 11 is 0. The fourth-order valence-corrected chi connectivity index (χ4v) is 4.52. The van der Waals surface area contributed by atoms with E-state index in [0.717, 1.165) is 18.2 Å². The fourth-order valence-electron chi connectivity index (χ4n) is 4.52. The van der Waals surface area contributed by atoms with Crippen LogP contribution < -0.4 is 0 Å². The molecule has 2 heterocycles. The minimum absolute atomic E-state index is 0. The number of hydrogen-bond acceptors (Lipinski definition) is 2. The molecule has 0 radical (unpaired) electrons. The number of benzene rings is 2. The van der Waals surface area contributed by atoms with Crippen LogP contribution in [0.3, 0.4) is 0 Å². The van der Waals surface area contributed by atoms with Crippen LogP contribution in [0.15, 0.2) is 48.5 Å². The van der Waals surface area contributed by atoms with Crippen molar-refractivity contribution in [3.05, 3.63) is 106 Å². The first-order valence-corrected chi connectivity index (χ1v) is 12.7. The van der Waals surface area contributed by atoms with Crippen molar-refractivity contribution in [1.29, 1.82) is 0 Å². The molecule has 4 rings (SSSR count). The molecular formula is C30H15F15N2Pt. The summed E-state index contributed by atoms with van der Waals surface area (Å²) in [7, 11) is 0. The Bertz CT molecular complexity index is 1800. The first-order chi connectivity index (χ1) is 21.4. The van der Waals surface area contributed by atoms with Crippen LogP contribution in [0.1, 0.15) is 42.5 Å². The molecule has 0 N–H and O–H groups in total. The predicted octanol–water partition coefficient (Wildman–Crippen LogP) is 10.2. The maximum Gasteiger partial charge on any atom is 2.00 e. The third-order valence-corrected chi connectivity index (χ3v) is 7.04. The average Bonchev–Trinajstić information content (AvgIpc) is 2.95. The van der Waals surface area contributed by atoms with E-state index in [4.69, 9.17) is 0 Å². The monoisotopic (exact) mass is 883 g/mol. The normalized spacial score (nSPS) is 13.7. The van der Waals surface area contributed by atoms with E-state index in [2.05, 4.69) is 9.97 Å². The van der Waals surface area contributed by atoms with Crippen molar-refractivity contribution < 1.29 is 86.9 Å². The summed E-state index contributed by atoms with van der Waals surface area (Å²) in [5.74, 6) is -8.98. The second kappa shape index (κ2) is 13.0. The van der Waals surface area contributed by atoms with Crippen LogP contribution in [0.25, 0.3) is 22.5 Å². The molecule has 2 aromatic heterocycles. The summed E-state index contributed by atoms with van der Waals surface area (Å²) in [5, 5.41) is 0. The molecule has 0 bridgehead atoms. The Labute approximate surface area is 275 Å². The largest absolute Gasteiger partial charge is 2.00 e. The molecule has 260 valence electrons. The maximum atomic E-state index is 15.3. The van der Waals surface area contributed by atoms with Gasteiger partial charge in [-0.15, -0.1) is 24.3 Å². The van der Waals surface area contributed by atoms with Gasteiger partial charge in [-0.25, -0.2) is 8.78 Å². The zero-order chi connectivity index (χ0) is 35.5. The number of aromatic nitrogens is 2. The van der Waals surface area contributed by atoms with Gasteiger partial charge in [0, 0.05) is 40.1 Å². The number of pyridine rings is 2. The first kappa shape index (κ1) is 38.8. The first-order valence-electron chi connectivity index (χ1n) is 12.7. The molecule has 0 fully saturated rings. The van der Waals surface area contributed by atoms with Gasteiger partial charge in [-0.05, 0) is 48.5 Å². The molecule has 0 spiro atoms. The van der Waals surface area contributed by atoms with Crippen LogP contribution in [0.2, 0.25) is 0 Å². The van der Waals surface area contributed by atoms with Gasteiger partial charge >= 0.3 is 45.3 Å². The topological polar surface area (TPSA) is 25.8 Å². The molecule has 48 heavy (non-hydrogen) atoms. The van der Waals surface area contributed by atoms with Crippen LogP contribution in [0.5, 0.6) is 0 Å². The number of nitrogens with zero attached hydrogens (tertiary/aromatic N) is 2. The molecule has 1 unspecified atom stereocenters. The minimum atomic E-state index is -6.85. The van der Waals surface area contributed by atoms with Gasteiger partial charge in [0.1, 0.15) is 0 Å². The van der Waals surface area contributed by atoms with E-state index >= 15 is 8.78 Å². The van der Waals surface area contributed by atoms with Gasteiger partial charge in [0.25, 0.3) is 0 Å². The summed E-state index contributed by atoms with van der Waals surface area (Å²) in [4.78, 5) is 8.11. The van der Waals surface area contributed by atoms with Crippen molar-refractivity contribution in [2.45, 2.75) is 49.6 Å². The number of alkyl halides is 11. The van der Waals surface area contributed by atoms with Gasteiger partial charge in [-0.1, -0.05) is 35.4 Å². The van der Waals surface area contributed by atoms with Crippen molar-refractivity contribution in [1.82, 2.24) is 9.97 Å². The third-order valence-electron chi connectivity index (χ3n) is 7.04. The van der Waals surface area contributed by atoms with E-state index in [-0.39, 0.29) is 44.6 Å².